The lowest BCUT2D eigenvalue weighted by molar-refractivity contribution is -0.364. The Morgan fingerprint density at radius 1 is 0.933 bits per heavy atom. The summed E-state index contributed by atoms with van der Waals surface area (Å²) < 4.78 is 0. The minimum absolute atomic E-state index is 0. The molecular weight excluding hydrogens is 252 g/mol. The number of pyridine rings is 1. The second-order valence-electron chi connectivity index (χ2n) is 2.88. The van der Waals surface area contributed by atoms with Gasteiger partial charge in [0.15, 0.2) is 6.20 Å². The van der Waals surface area contributed by atoms with Crippen molar-refractivity contribution in [3.63, 3.8) is 0 Å². The molecule has 0 radical (unpaired) electrons. The number of hydrogen-bond donors (Lipinski definition) is 0. The molecular formula is C11H8Cl3N. The Bertz CT molecular complexity index is 443. The van der Waals surface area contributed by atoms with Crippen LogP contribution in [0.15, 0.2) is 42.6 Å². The van der Waals surface area contributed by atoms with Crippen molar-refractivity contribution in [3.05, 3.63) is 52.6 Å². The Labute approximate surface area is 104 Å². The summed E-state index contributed by atoms with van der Waals surface area (Å²) in [6.07, 6.45) is 1.77. The van der Waals surface area contributed by atoms with Crippen molar-refractivity contribution in [1.82, 2.24) is 0 Å². The normalized spacial score (nSPS) is 9.47. The molecule has 1 aromatic carbocycles. The summed E-state index contributed by atoms with van der Waals surface area (Å²) in [5, 5.41) is 1.12. The van der Waals surface area contributed by atoms with E-state index in [-0.39, 0.29) is 12.4 Å². The van der Waals surface area contributed by atoms with Crippen molar-refractivity contribution in [3.8, 4) is 11.3 Å². The van der Waals surface area contributed by atoms with Gasteiger partial charge >= 0.3 is 0 Å². The third-order valence-corrected chi connectivity index (χ3v) is 2.75. The summed E-state index contributed by atoms with van der Waals surface area (Å²) in [7, 11) is 0. The Morgan fingerprint density at radius 3 is 2.27 bits per heavy atom. The van der Waals surface area contributed by atoms with Crippen molar-refractivity contribution < 1.29 is 17.4 Å². The summed E-state index contributed by atoms with van der Waals surface area (Å²) in [5.74, 6) is 0. The predicted octanol–water partition coefficient (Wildman–Crippen LogP) is 0.478. The van der Waals surface area contributed by atoms with E-state index in [0.29, 0.717) is 10.0 Å². The van der Waals surface area contributed by atoms with E-state index in [1.165, 1.54) is 0 Å². The first-order valence-corrected chi connectivity index (χ1v) is 4.96. The van der Waals surface area contributed by atoms with Crippen molar-refractivity contribution in [2.24, 2.45) is 0 Å². The van der Waals surface area contributed by atoms with Crippen molar-refractivity contribution in [1.29, 1.82) is 0 Å². The van der Waals surface area contributed by atoms with Crippen LogP contribution in [0.3, 0.4) is 0 Å². The van der Waals surface area contributed by atoms with Crippen LogP contribution in [0, 0.1) is 0 Å². The number of aromatic amines is 1. The first-order chi connectivity index (χ1) is 6.79. The summed E-state index contributed by atoms with van der Waals surface area (Å²) >= 11 is 12.0. The molecule has 0 saturated heterocycles. The summed E-state index contributed by atoms with van der Waals surface area (Å²) in [5.41, 5.74) is 1.87. The highest BCUT2D eigenvalue weighted by Crippen LogP contribution is 2.28. The molecule has 1 N–H and O–H groups in total. The highest BCUT2D eigenvalue weighted by Gasteiger charge is 2.12. The molecule has 1 heterocycles. The van der Waals surface area contributed by atoms with E-state index in [2.05, 4.69) is 4.98 Å². The topological polar surface area (TPSA) is 14.1 Å². The SMILES string of the molecule is Clc1cc[nH+]c(-c2ccccc2)c1Cl.[Cl-]. The number of aromatic nitrogens is 1. The smallest absolute Gasteiger partial charge is 0.231 e. The van der Waals surface area contributed by atoms with Crippen LogP contribution in [0.2, 0.25) is 10.0 Å². The molecule has 0 bridgehead atoms. The van der Waals surface area contributed by atoms with Crippen molar-refractivity contribution >= 4 is 23.2 Å². The van der Waals surface area contributed by atoms with Gasteiger partial charge in [0.1, 0.15) is 5.02 Å². The zero-order valence-corrected chi connectivity index (χ0v) is 9.94. The van der Waals surface area contributed by atoms with Gasteiger partial charge in [-0.15, -0.1) is 0 Å². The number of hydrogen-bond acceptors (Lipinski definition) is 0. The maximum absolute atomic E-state index is 6.06. The Morgan fingerprint density at radius 2 is 1.60 bits per heavy atom. The van der Waals surface area contributed by atoms with Gasteiger partial charge < -0.3 is 12.4 Å². The lowest BCUT2D eigenvalue weighted by Gasteiger charge is -1.98. The van der Waals surface area contributed by atoms with Gasteiger partial charge in [-0.25, -0.2) is 4.98 Å². The fourth-order valence-corrected chi connectivity index (χ4v) is 1.65. The molecule has 1 aromatic heterocycles. The summed E-state index contributed by atoms with van der Waals surface area (Å²) in [6.45, 7) is 0. The highest BCUT2D eigenvalue weighted by molar-refractivity contribution is 6.43. The Hall–Kier alpha value is -0.760. The fourth-order valence-electron chi connectivity index (χ4n) is 1.27. The minimum atomic E-state index is 0. The van der Waals surface area contributed by atoms with Gasteiger partial charge in [-0.05, 0) is 12.1 Å². The largest absolute Gasteiger partial charge is 1.00 e. The molecule has 0 aliphatic carbocycles. The van der Waals surface area contributed by atoms with Gasteiger partial charge in [0, 0.05) is 11.6 Å². The van der Waals surface area contributed by atoms with Crippen LogP contribution < -0.4 is 17.4 Å². The van der Waals surface area contributed by atoms with Crippen LogP contribution in [0.1, 0.15) is 0 Å². The van der Waals surface area contributed by atoms with Crippen LogP contribution in [0.25, 0.3) is 11.3 Å². The number of nitrogens with one attached hydrogen (secondary N) is 1. The molecule has 78 valence electrons. The fraction of sp³-hybridized carbons (Fsp3) is 0. The second-order valence-corrected chi connectivity index (χ2v) is 3.67. The predicted molar refractivity (Wildman–Crippen MR) is 58.5 cm³/mol. The third-order valence-electron chi connectivity index (χ3n) is 1.95. The van der Waals surface area contributed by atoms with Crippen LogP contribution >= 0.6 is 23.2 Å². The van der Waals surface area contributed by atoms with E-state index in [1.54, 1.807) is 12.3 Å². The highest BCUT2D eigenvalue weighted by atomic mass is 35.5. The Kier molecular flexibility index (Phi) is 4.40. The molecule has 0 amide bonds. The van der Waals surface area contributed by atoms with Gasteiger partial charge in [-0.2, -0.15) is 0 Å². The molecule has 0 aliphatic rings. The molecule has 0 fully saturated rings. The zero-order chi connectivity index (χ0) is 9.97. The average molecular weight is 261 g/mol. The molecule has 4 heteroatoms. The van der Waals surface area contributed by atoms with Crippen LogP contribution in [0.4, 0.5) is 0 Å². The van der Waals surface area contributed by atoms with Gasteiger partial charge in [-0.3, -0.25) is 0 Å². The maximum Gasteiger partial charge on any atom is 0.231 e. The van der Waals surface area contributed by atoms with E-state index in [0.717, 1.165) is 11.3 Å². The average Bonchev–Trinajstić information content (AvgIpc) is 2.23. The molecule has 0 aliphatic heterocycles. The third kappa shape index (κ3) is 2.63. The first-order valence-electron chi connectivity index (χ1n) is 4.20. The second kappa shape index (κ2) is 5.36. The molecule has 0 unspecified atom stereocenters. The standard InChI is InChI=1S/C11H7Cl2N.ClH/c12-9-6-7-14-11(10(9)13)8-4-2-1-3-5-8;/h1-7H;1H. The number of H-pyrrole nitrogens is 1. The van der Waals surface area contributed by atoms with Gasteiger partial charge in [0.05, 0.1) is 5.02 Å². The molecule has 0 spiro atoms. The molecule has 2 aromatic rings. The maximum atomic E-state index is 6.06. The van der Waals surface area contributed by atoms with Crippen LogP contribution in [0.5, 0.6) is 0 Å². The molecule has 2 rings (SSSR count). The number of halogens is 3. The van der Waals surface area contributed by atoms with E-state index < -0.39 is 0 Å². The van der Waals surface area contributed by atoms with Gasteiger partial charge in [-0.1, -0.05) is 41.4 Å². The molecule has 1 nitrogen and oxygen atoms in total. The van der Waals surface area contributed by atoms with E-state index in [4.69, 9.17) is 23.2 Å². The number of rotatable bonds is 1. The quantitative estimate of drug-likeness (QED) is 0.708. The van der Waals surface area contributed by atoms with Gasteiger partial charge in [0.2, 0.25) is 5.69 Å². The molecule has 0 atom stereocenters. The minimum Gasteiger partial charge on any atom is -1.00 e. The molecule has 0 saturated carbocycles. The van der Waals surface area contributed by atoms with E-state index in [1.807, 2.05) is 30.3 Å². The summed E-state index contributed by atoms with van der Waals surface area (Å²) in [6, 6.07) is 11.6. The van der Waals surface area contributed by atoms with Crippen LogP contribution in [-0.4, -0.2) is 0 Å². The van der Waals surface area contributed by atoms with Gasteiger partial charge in [0.25, 0.3) is 0 Å². The van der Waals surface area contributed by atoms with E-state index in [9.17, 15) is 0 Å². The monoisotopic (exact) mass is 259 g/mol. The summed E-state index contributed by atoms with van der Waals surface area (Å²) in [4.78, 5) is 3.08. The zero-order valence-electron chi connectivity index (χ0n) is 7.68. The lowest BCUT2D eigenvalue weighted by atomic mass is 10.1. The van der Waals surface area contributed by atoms with Crippen LogP contribution in [-0.2, 0) is 0 Å². The number of benzene rings is 1. The van der Waals surface area contributed by atoms with Crippen molar-refractivity contribution in [2.45, 2.75) is 0 Å². The van der Waals surface area contributed by atoms with E-state index >= 15 is 0 Å². The lowest BCUT2D eigenvalue weighted by Crippen LogP contribution is -3.00. The Balaban J connectivity index is 0.00000112. The molecule has 15 heavy (non-hydrogen) atoms. The first kappa shape index (κ1) is 12.3. The van der Waals surface area contributed by atoms with Crippen molar-refractivity contribution in [2.75, 3.05) is 0 Å².